The van der Waals surface area contributed by atoms with Crippen molar-refractivity contribution in [2.45, 2.75) is 35.2 Å². The molecule has 1 aliphatic heterocycles. The lowest BCUT2D eigenvalue weighted by atomic mass is 9.98. The van der Waals surface area contributed by atoms with Crippen LogP contribution in [0, 0.1) is 0 Å². The van der Waals surface area contributed by atoms with E-state index in [-0.39, 0.29) is 30.2 Å². The summed E-state index contributed by atoms with van der Waals surface area (Å²) < 4.78 is 25.5. The topological polar surface area (TPSA) is 138 Å². The highest BCUT2D eigenvalue weighted by atomic mass is 32.2. The summed E-state index contributed by atoms with van der Waals surface area (Å²) in [6.45, 7) is -0.0528. The largest absolute Gasteiger partial charge is 0.480 e. The van der Waals surface area contributed by atoms with Gasteiger partial charge in [-0.3, -0.25) is 14.5 Å². The van der Waals surface area contributed by atoms with E-state index in [2.05, 4.69) is 0 Å². The van der Waals surface area contributed by atoms with Gasteiger partial charge in [0.25, 0.3) is 0 Å². The molecule has 29 heavy (non-hydrogen) atoms. The monoisotopic (exact) mass is 418 g/mol. The number of hydrogen-bond acceptors (Lipinski definition) is 6. The van der Waals surface area contributed by atoms with Gasteiger partial charge in [-0.25, -0.2) is 8.42 Å². The molecule has 1 saturated heterocycles. The van der Waals surface area contributed by atoms with Crippen molar-refractivity contribution in [1.29, 1.82) is 0 Å². The zero-order valence-corrected chi connectivity index (χ0v) is 16.4. The first-order valence-corrected chi connectivity index (χ1v) is 10.6. The van der Waals surface area contributed by atoms with Gasteiger partial charge in [-0.2, -0.15) is 0 Å². The molecule has 0 spiro atoms. The first-order chi connectivity index (χ1) is 13.6. The third kappa shape index (κ3) is 4.47. The van der Waals surface area contributed by atoms with E-state index < -0.39 is 33.4 Å². The van der Waals surface area contributed by atoms with Crippen LogP contribution in [0.1, 0.15) is 17.5 Å². The molecule has 0 saturated carbocycles. The Bertz CT molecular complexity index is 1020. The van der Waals surface area contributed by atoms with Crippen molar-refractivity contribution < 1.29 is 28.2 Å². The molecular formula is C20H22N2O6S. The smallest absolute Gasteiger partial charge is 0.325 e. The van der Waals surface area contributed by atoms with Gasteiger partial charge >= 0.3 is 11.9 Å². The molecule has 0 aromatic heterocycles. The molecule has 1 aliphatic rings. The normalized spacial score (nSPS) is 22.4. The van der Waals surface area contributed by atoms with Crippen molar-refractivity contribution in [3.8, 4) is 0 Å². The lowest BCUT2D eigenvalue weighted by molar-refractivity contribution is -0.142. The SMILES string of the molecule is NC1(C(=O)O)CC(C(=O)O)N(Cc2ccccc2CS(=O)(=O)c2ccccc2)C1. The molecule has 0 amide bonds. The van der Waals surface area contributed by atoms with E-state index in [1.807, 2.05) is 0 Å². The summed E-state index contributed by atoms with van der Waals surface area (Å²) in [4.78, 5) is 24.8. The molecule has 2 atom stereocenters. The highest BCUT2D eigenvalue weighted by molar-refractivity contribution is 7.90. The van der Waals surface area contributed by atoms with Crippen LogP contribution in [0.2, 0.25) is 0 Å². The van der Waals surface area contributed by atoms with Crippen LogP contribution in [0.25, 0.3) is 0 Å². The predicted molar refractivity (Wildman–Crippen MR) is 105 cm³/mol. The van der Waals surface area contributed by atoms with Crippen LogP contribution in [-0.2, 0) is 31.7 Å². The number of carbonyl (C=O) groups is 2. The van der Waals surface area contributed by atoms with Crippen LogP contribution in [0.5, 0.6) is 0 Å². The van der Waals surface area contributed by atoms with Gasteiger partial charge in [-0.1, -0.05) is 42.5 Å². The molecule has 0 bridgehead atoms. The minimum Gasteiger partial charge on any atom is -0.480 e. The summed E-state index contributed by atoms with van der Waals surface area (Å²) >= 11 is 0. The average Bonchev–Trinajstić information content (AvgIpc) is 3.02. The summed E-state index contributed by atoms with van der Waals surface area (Å²) in [6.07, 6.45) is -0.220. The van der Waals surface area contributed by atoms with Crippen LogP contribution in [0.3, 0.4) is 0 Å². The molecule has 3 rings (SSSR count). The molecule has 1 fully saturated rings. The second-order valence-electron chi connectivity index (χ2n) is 7.27. The zero-order valence-electron chi connectivity index (χ0n) is 15.6. The van der Waals surface area contributed by atoms with E-state index in [0.29, 0.717) is 11.1 Å². The Morgan fingerprint density at radius 2 is 1.62 bits per heavy atom. The van der Waals surface area contributed by atoms with E-state index >= 15 is 0 Å². The highest BCUT2D eigenvalue weighted by Gasteiger charge is 2.49. The lowest BCUT2D eigenvalue weighted by Crippen LogP contribution is -2.50. The number of nitrogens with zero attached hydrogens (tertiary/aromatic N) is 1. The number of sulfone groups is 1. The molecule has 1 heterocycles. The van der Waals surface area contributed by atoms with Gasteiger partial charge in [0.05, 0.1) is 10.6 Å². The maximum atomic E-state index is 12.8. The van der Waals surface area contributed by atoms with Gasteiger partial charge in [-0.05, 0) is 23.3 Å². The minimum atomic E-state index is -3.59. The maximum absolute atomic E-state index is 12.8. The van der Waals surface area contributed by atoms with Crippen molar-refractivity contribution in [1.82, 2.24) is 4.90 Å². The Morgan fingerprint density at radius 1 is 1.03 bits per heavy atom. The third-order valence-electron chi connectivity index (χ3n) is 5.13. The molecule has 0 aliphatic carbocycles. The molecule has 4 N–H and O–H groups in total. The second kappa shape index (κ2) is 7.94. The van der Waals surface area contributed by atoms with Crippen LogP contribution in [0.15, 0.2) is 59.5 Å². The van der Waals surface area contributed by atoms with Gasteiger partial charge < -0.3 is 15.9 Å². The Balaban J connectivity index is 1.88. The Morgan fingerprint density at radius 3 is 2.21 bits per heavy atom. The van der Waals surface area contributed by atoms with Crippen molar-refractivity contribution in [2.75, 3.05) is 6.54 Å². The van der Waals surface area contributed by atoms with Crippen molar-refractivity contribution in [3.63, 3.8) is 0 Å². The molecule has 2 aromatic carbocycles. The summed E-state index contributed by atoms with van der Waals surface area (Å²) in [5.74, 6) is -2.66. The summed E-state index contributed by atoms with van der Waals surface area (Å²) in [6, 6.07) is 13.8. The predicted octanol–water partition coefficient (Wildman–Crippen LogP) is 1.10. The lowest BCUT2D eigenvalue weighted by Gasteiger charge is -2.23. The molecule has 154 valence electrons. The number of rotatable bonds is 7. The van der Waals surface area contributed by atoms with Crippen LogP contribution >= 0.6 is 0 Å². The number of carboxylic acids is 2. The standard InChI is InChI=1S/C20H22N2O6S/c21-20(19(25)26)10-17(18(23)24)22(13-20)11-14-6-4-5-7-15(14)12-29(27,28)16-8-2-1-3-9-16/h1-9,17H,10-13,21H2,(H,23,24)(H,25,26). The van der Waals surface area contributed by atoms with Crippen LogP contribution in [0.4, 0.5) is 0 Å². The van der Waals surface area contributed by atoms with Crippen LogP contribution < -0.4 is 5.73 Å². The van der Waals surface area contributed by atoms with E-state index in [0.717, 1.165) is 0 Å². The zero-order chi connectivity index (χ0) is 21.2. The molecule has 8 nitrogen and oxygen atoms in total. The van der Waals surface area contributed by atoms with Gasteiger partial charge in [0.1, 0.15) is 11.6 Å². The number of likely N-dealkylation sites (tertiary alicyclic amines) is 1. The first kappa shape index (κ1) is 21.0. The number of hydrogen-bond donors (Lipinski definition) is 3. The van der Waals surface area contributed by atoms with E-state index in [4.69, 9.17) is 5.73 Å². The van der Waals surface area contributed by atoms with Crippen molar-refractivity contribution in [3.05, 3.63) is 65.7 Å². The van der Waals surface area contributed by atoms with Crippen LogP contribution in [-0.4, -0.2) is 53.6 Å². The minimum absolute atomic E-state index is 0.0870. The molecular weight excluding hydrogens is 396 g/mol. The number of nitrogens with two attached hydrogens (primary N) is 1. The Kier molecular flexibility index (Phi) is 5.74. The molecule has 9 heteroatoms. The van der Waals surface area contributed by atoms with Crippen molar-refractivity contribution >= 4 is 21.8 Å². The Hall–Kier alpha value is -2.75. The summed E-state index contributed by atoms with van der Waals surface area (Å²) in [7, 11) is -3.59. The van der Waals surface area contributed by atoms with E-state index in [1.54, 1.807) is 42.5 Å². The fourth-order valence-electron chi connectivity index (χ4n) is 3.56. The molecule has 0 radical (unpaired) electrons. The number of benzene rings is 2. The quantitative estimate of drug-likeness (QED) is 0.608. The molecule has 2 unspecified atom stereocenters. The number of carboxylic acid groups (broad SMARTS) is 2. The fraction of sp³-hybridized carbons (Fsp3) is 0.300. The molecule has 2 aromatic rings. The van der Waals surface area contributed by atoms with E-state index in [9.17, 15) is 28.2 Å². The van der Waals surface area contributed by atoms with Gasteiger partial charge in [0.15, 0.2) is 9.84 Å². The average molecular weight is 418 g/mol. The Labute approximate surface area is 168 Å². The van der Waals surface area contributed by atoms with E-state index in [1.165, 1.54) is 17.0 Å². The summed E-state index contributed by atoms with van der Waals surface area (Å²) in [5, 5.41) is 18.9. The highest BCUT2D eigenvalue weighted by Crippen LogP contribution is 2.29. The summed E-state index contributed by atoms with van der Waals surface area (Å²) in [5.41, 5.74) is 5.38. The second-order valence-corrected chi connectivity index (χ2v) is 9.25. The van der Waals surface area contributed by atoms with Crippen molar-refractivity contribution in [2.24, 2.45) is 5.73 Å². The third-order valence-corrected chi connectivity index (χ3v) is 6.82. The van der Waals surface area contributed by atoms with Gasteiger partial charge in [0.2, 0.25) is 0 Å². The van der Waals surface area contributed by atoms with Gasteiger partial charge in [0, 0.05) is 19.5 Å². The maximum Gasteiger partial charge on any atom is 0.325 e. The van der Waals surface area contributed by atoms with Gasteiger partial charge in [-0.15, -0.1) is 0 Å². The first-order valence-electron chi connectivity index (χ1n) is 8.96. The number of aliphatic carboxylic acids is 2. The fourth-order valence-corrected chi connectivity index (χ4v) is 4.99.